The Bertz CT molecular complexity index is 706. The van der Waals surface area contributed by atoms with E-state index in [4.69, 9.17) is 9.97 Å². The van der Waals surface area contributed by atoms with Crippen LogP contribution in [0.1, 0.15) is 44.7 Å². The first-order chi connectivity index (χ1) is 13.0. The molecular weight excluding hydrogens is 342 g/mol. The lowest BCUT2D eigenvalue weighted by Gasteiger charge is -2.52. The number of aromatic nitrogens is 2. The topological polar surface area (TPSA) is 72.8 Å². The van der Waals surface area contributed by atoms with Gasteiger partial charge in [-0.25, -0.2) is 4.98 Å². The van der Waals surface area contributed by atoms with Crippen molar-refractivity contribution in [3.63, 3.8) is 0 Å². The van der Waals surface area contributed by atoms with Crippen molar-refractivity contribution in [1.29, 1.82) is 0 Å². The van der Waals surface area contributed by atoms with Gasteiger partial charge in [-0.15, -0.1) is 0 Å². The summed E-state index contributed by atoms with van der Waals surface area (Å²) in [6.07, 6.45) is 5.72. The van der Waals surface area contributed by atoms with Crippen LogP contribution in [0.5, 0.6) is 0 Å². The molecule has 7 nitrogen and oxygen atoms in total. The minimum atomic E-state index is -0.631. The highest BCUT2D eigenvalue weighted by atomic mass is 16.4. The van der Waals surface area contributed by atoms with E-state index in [-0.39, 0.29) is 6.04 Å². The van der Waals surface area contributed by atoms with Gasteiger partial charge in [-0.2, -0.15) is 4.98 Å². The number of aliphatic carboxylic acids is 1. The molecule has 0 spiro atoms. The molecule has 0 aromatic carbocycles. The van der Waals surface area contributed by atoms with Gasteiger partial charge < -0.3 is 19.8 Å². The van der Waals surface area contributed by atoms with E-state index in [9.17, 15) is 9.90 Å². The van der Waals surface area contributed by atoms with Crippen LogP contribution in [0, 0.1) is 5.41 Å². The maximum atomic E-state index is 12.2. The molecule has 3 aliphatic heterocycles. The largest absolute Gasteiger partial charge is 0.481 e. The van der Waals surface area contributed by atoms with E-state index < -0.39 is 11.4 Å². The van der Waals surface area contributed by atoms with Crippen LogP contribution < -0.4 is 9.80 Å². The molecule has 4 rings (SSSR count). The van der Waals surface area contributed by atoms with Gasteiger partial charge in [0.05, 0.1) is 5.41 Å². The van der Waals surface area contributed by atoms with E-state index in [0.717, 1.165) is 69.4 Å². The summed E-state index contributed by atoms with van der Waals surface area (Å²) in [5.74, 6) is 1.17. The summed E-state index contributed by atoms with van der Waals surface area (Å²) in [4.78, 5) is 28.6. The van der Waals surface area contributed by atoms with Crippen LogP contribution in [-0.2, 0) is 11.2 Å². The summed E-state index contributed by atoms with van der Waals surface area (Å²) in [5.41, 5.74) is 0.455. The first kappa shape index (κ1) is 18.5. The zero-order valence-electron chi connectivity index (χ0n) is 16.5. The minimum Gasteiger partial charge on any atom is -0.481 e. The number of rotatable bonds is 4. The predicted octanol–water partition coefficient (Wildman–Crippen LogP) is 2.01. The second-order valence-electron chi connectivity index (χ2n) is 8.32. The standard InChI is InChI=1S/C20H31N5O2/c1-3-15-13-17(22-19(21-15)24-10-4-5-11-24)25-12-8-20(18(26)27)7-6-9-23(2)16(20)14-25/h13,16H,3-12,14H2,1-2H3,(H,26,27)/t16-,20-/m0/s1. The van der Waals surface area contributed by atoms with Crippen molar-refractivity contribution in [3.05, 3.63) is 11.8 Å². The van der Waals surface area contributed by atoms with Gasteiger partial charge >= 0.3 is 5.97 Å². The van der Waals surface area contributed by atoms with E-state index in [1.54, 1.807) is 0 Å². The molecule has 3 fully saturated rings. The molecular formula is C20H31N5O2. The lowest BCUT2D eigenvalue weighted by atomic mass is 9.68. The van der Waals surface area contributed by atoms with Gasteiger partial charge in [-0.1, -0.05) is 6.92 Å². The highest BCUT2D eigenvalue weighted by Gasteiger charge is 2.52. The molecule has 7 heteroatoms. The van der Waals surface area contributed by atoms with Gasteiger partial charge in [-0.05, 0) is 52.1 Å². The van der Waals surface area contributed by atoms with Crippen molar-refractivity contribution < 1.29 is 9.90 Å². The normalized spacial score (nSPS) is 29.0. The Morgan fingerprint density at radius 1 is 1.15 bits per heavy atom. The number of carboxylic acids is 1. The number of fused-ring (bicyclic) bond motifs is 1. The number of likely N-dealkylation sites (tertiary alicyclic amines) is 1. The van der Waals surface area contributed by atoms with Crippen LogP contribution in [-0.4, -0.2) is 71.8 Å². The molecule has 3 saturated heterocycles. The zero-order chi connectivity index (χ0) is 19.0. The minimum absolute atomic E-state index is 0.0350. The summed E-state index contributed by atoms with van der Waals surface area (Å²) in [6, 6.07) is 2.13. The Kier molecular flexibility index (Phi) is 4.97. The maximum absolute atomic E-state index is 12.2. The highest BCUT2D eigenvalue weighted by Crippen LogP contribution is 2.43. The van der Waals surface area contributed by atoms with Gasteiger partial charge in [0, 0.05) is 44.0 Å². The Labute approximate surface area is 161 Å². The van der Waals surface area contributed by atoms with Crippen molar-refractivity contribution >= 4 is 17.7 Å². The van der Waals surface area contributed by atoms with Crippen LogP contribution in [0.4, 0.5) is 11.8 Å². The Hall–Kier alpha value is -1.89. The summed E-state index contributed by atoms with van der Waals surface area (Å²) in [5, 5.41) is 9.99. The van der Waals surface area contributed by atoms with Gasteiger partial charge in [0.25, 0.3) is 0 Å². The van der Waals surface area contributed by atoms with Crippen LogP contribution in [0.25, 0.3) is 0 Å². The van der Waals surface area contributed by atoms with Crippen LogP contribution in [0.2, 0.25) is 0 Å². The Morgan fingerprint density at radius 2 is 1.93 bits per heavy atom. The monoisotopic (exact) mass is 373 g/mol. The molecule has 0 bridgehead atoms. The molecule has 0 saturated carbocycles. The fourth-order valence-electron chi connectivity index (χ4n) is 5.06. The lowest BCUT2D eigenvalue weighted by molar-refractivity contribution is -0.158. The first-order valence-corrected chi connectivity index (χ1v) is 10.3. The molecule has 0 radical (unpaired) electrons. The summed E-state index contributed by atoms with van der Waals surface area (Å²) < 4.78 is 0. The molecule has 2 atom stereocenters. The fourth-order valence-corrected chi connectivity index (χ4v) is 5.06. The molecule has 3 aliphatic rings. The Balaban J connectivity index is 1.62. The molecule has 0 unspecified atom stereocenters. The maximum Gasteiger partial charge on any atom is 0.311 e. The number of likely N-dealkylation sites (N-methyl/N-ethyl adjacent to an activating group) is 1. The van der Waals surface area contributed by atoms with Crippen molar-refractivity contribution in [2.45, 2.75) is 51.5 Å². The molecule has 1 N–H and O–H groups in total. The molecule has 27 heavy (non-hydrogen) atoms. The van der Waals surface area contributed by atoms with Gasteiger partial charge in [-0.3, -0.25) is 4.79 Å². The molecule has 148 valence electrons. The van der Waals surface area contributed by atoms with E-state index in [1.165, 1.54) is 12.8 Å². The van der Waals surface area contributed by atoms with E-state index in [1.807, 2.05) is 0 Å². The van der Waals surface area contributed by atoms with Crippen LogP contribution in [0.15, 0.2) is 6.07 Å². The third-order valence-corrected chi connectivity index (χ3v) is 6.78. The molecule has 1 aromatic heterocycles. The number of nitrogens with zero attached hydrogens (tertiary/aromatic N) is 5. The van der Waals surface area contributed by atoms with E-state index >= 15 is 0 Å². The predicted molar refractivity (Wildman–Crippen MR) is 105 cm³/mol. The summed E-state index contributed by atoms with van der Waals surface area (Å²) in [7, 11) is 2.07. The number of carbonyl (C=O) groups is 1. The van der Waals surface area contributed by atoms with Crippen molar-refractivity contribution in [1.82, 2.24) is 14.9 Å². The average Bonchev–Trinajstić information content (AvgIpc) is 3.22. The van der Waals surface area contributed by atoms with Crippen LogP contribution in [0.3, 0.4) is 0 Å². The molecule has 4 heterocycles. The van der Waals surface area contributed by atoms with Gasteiger partial charge in [0.2, 0.25) is 5.95 Å². The SMILES string of the molecule is CCc1cc(N2CC[C@@]3(C(=O)O)CCCN(C)[C@H]3C2)nc(N2CCCC2)n1. The summed E-state index contributed by atoms with van der Waals surface area (Å²) >= 11 is 0. The van der Waals surface area contributed by atoms with Crippen molar-refractivity contribution in [3.8, 4) is 0 Å². The van der Waals surface area contributed by atoms with E-state index in [2.05, 4.69) is 34.7 Å². The fraction of sp³-hybridized carbons (Fsp3) is 0.750. The molecule has 1 aromatic rings. The average molecular weight is 374 g/mol. The van der Waals surface area contributed by atoms with Crippen molar-refractivity contribution in [2.75, 3.05) is 49.6 Å². The quantitative estimate of drug-likeness (QED) is 0.865. The third kappa shape index (κ3) is 3.26. The second-order valence-corrected chi connectivity index (χ2v) is 8.32. The first-order valence-electron chi connectivity index (χ1n) is 10.3. The van der Waals surface area contributed by atoms with Crippen LogP contribution >= 0.6 is 0 Å². The van der Waals surface area contributed by atoms with Gasteiger partial charge in [0.15, 0.2) is 0 Å². The van der Waals surface area contributed by atoms with Gasteiger partial charge in [0.1, 0.15) is 5.82 Å². The summed E-state index contributed by atoms with van der Waals surface area (Å²) in [6.45, 7) is 6.62. The number of hydrogen-bond acceptors (Lipinski definition) is 6. The van der Waals surface area contributed by atoms with E-state index in [0.29, 0.717) is 6.42 Å². The Morgan fingerprint density at radius 3 is 2.63 bits per heavy atom. The smallest absolute Gasteiger partial charge is 0.311 e. The number of carboxylic acid groups (broad SMARTS) is 1. The number of aryl methyl sites for hydroxylation is 1. The highest BCUT2D eigenvalue weighted by molar-refractivity contribution is 5.76. The van der Waals surface area contributed by atoms with Crippen molar-refractivity contribution in [2.24, 2.45) is 5.41 Å². The number of hydrogen-bond donors (Lipinski definition) is 1. The molecule has 0 amide bonds. The zero-order valence-corrected chi connectivity index (χ0v) is 16.5. The lowest BCUT2D eigenvalue weighted by Crippen LogP contribution is -2.63. The number of anilines is 2. The second kappa shape index (κ2) is 7.26. The molecule has 0 aliphatic carbocycles. The third-order valence-electron chi connectivity index (χ3n) is 6.78. The number of piperidine rings is 2.